The van der Waals surface area contributed by atoms with Crippen molar-refractivity contribution in [3.63, 3.8) is 0 Å². The van der Waals surface area contributed by atoms with E-state index >= 15 is 0 Å². The highest BCUT2D eigenvalue weighted by molar-refractivity contribution is 8.76. The van der Waals surface area contributed by atoms with Crippen molar-refractivity contribution < 1.29 is 39.5 Å². The Morgan fingerprint density at radius 2 is 1.18 bits per heavy atom. The van der Waals surface area contributed by atoms with Crippen LogP contribution in [-0.2, 0) is 9.59 Å². The average Bonchev–Trinajstić information content (AvgIpc) is 2.84. The van der Waals surface area contributed by atoms with E-state index in [9.17, 15) is 55.2 Å². The summed E-state index contributed by atoms with van der Waals surface area (Å²) in [5.41, 5.74) is 0.842. The van der Waals surface area contributed by atoms with Crippen molar-refractivity contribution in [1.29, 1.82) is 0 Å². The van der Waals surface area contributed by atoms with Crippen LogP contribution >= 0.6 is 21.6 Å². The Balaban J connectivity index is 2.74. The zero-order valence-electron chi connectivity index (χ0n) is 18.6. The second-order valence-electron chi connectivity index (χ2n) is 7.11. The molecule has 0 amide bonds. The van der Waals surface area contributed by atoms with Crippen LogP contribution < -0.4 is 10.6 Å². The van der Waals surface area contributed by atoms with E-state index < -0.39 is 83.6 Å². The molecule has 0 radical (unpaired) electrons. The summed E-state index contributed by atoms with van der Waals surface area (Å²) < 4.78 is 0. The van der Waals surface area contributed by atoms with Gasteiger partial charge in [-0.3, -0.25) is 45.3 Å². The van der Waals surface area contributed by atoms with Crippen molar-refractivity contribution in [3.8, 4) is 0 Å². The quantitative estimate of drug-likeness (QED) is 0.127. The Labute approximate surface area is 218 Å². The smallest absolute Gasteiger partial charge is 0.327 e. The third kappa shape index (κ3) is 7.02. The molecule has 0 saturated heterocycles. The van der Waals surface area contributed by atoms with Gasteiger partial charge in [-0.05, 0) is 12.1 Å². The van der Waals surface area contributed by atoms with Crippen molar-refractivity contribution in [2.75, 3.05) is 16.4 Å². The van der Waals surface area contributed by atoms with Crippen molar-refractivity contribution in [2.24, 2.45) is 5.73 Å². The zero-order valence-corrected chi connectivity index (χ0v) is 20.3. The lowest BCUT2D eigenvalue weighted by atomic mass is 10.1. The molecule has 0 saturated carbocycles. The molecule has 0 aliphatic carbocycles. The van der Waals surface area contributed by atoms with E-state index in [-0.39, 0.29) is 5.75 Å². The van der Waals surface area contributed by atoms with E-state index in [4.69, 9.17) is 10.8 Å². The molecule has 0 aliphatic rings. The summed E-state index contributed by atoms with van der Waals surface area (Å²) in [5, 5.41) is 64.7. The fourth-order valence-electron chi connectivity index (χ4n) is 2.98. The number of nitrogens with zero attached hydrogens (tertiary/aromatic N) is 5. The first kappa shape index (κ1) is 29.7. The van der Waals surface area contributed by atoms with Gasteiger partial charge in [0.05, 0.1) is 31.8 Å². The van der Waals surface area contributed by atoms with Gasteiger partial charge in [0, 0.05) is 23.6 Å². The molecule has 0 spiro atoms. The standard InChI is InChI=1S/C18H16N6O12S2/c19-11(17(25)26)7-37-38-8-16(18(27)28)20(12-3-1-9(21(29)30)5-14(12)23(33)34)13-4-2-10(22(31)32)6-15(13)24(35)36/h1-6,11,16H,7-8,19H2,(H,25,26)(H,27,28)/t11-,16-/m0/s1. The highest BCUT2D eigenvalue weighted by Crippen LogP contribution is 2.43. The molecule has 0 fully saturated rings. The molecular weight excluding hydrogens is 556 g/mol. The zero-order chi connectivity index (χ0) is 28.7. The molecule has 4 N–H and O–H groups in total. The van der Waals surface area contributed by atoms with Gasteiger partial charge in [-0.15, -0.1) is 0 Å². The highest BCUT2D eigenvalue weighted by Gasteiger charge is 2.37. The molecule has 18 nitrogen and oxygen atoms in total. The summed E-state index contributed by atoms with van der Waals surface area (Å²) in [7, 11) is 1.64. The maximum Gasteiger partial charge on any atom is 0.327 e. The lowest BCUT2D eigenvalue weighted by Gasteiger charge is -2.30. The number of anilines is 2. The molecule has 0 heterocycles. The van der Waals surface area contributed by atoms with Gasteiger partial charge in [-0.2, -0.15) is 0 Å². The summed E-state index contributed by atoms with van der Waals surface area (Å²) in [4.78, 5) is 65.8. The summed E-state index contributed by atoms with van der Waals surface area (Å²) in [5.74, 6) is -3.57. The van der Waals surface area contributed by atoms with Crippen LogP contribution in [0.1, 0.15) is 0 Å². The molecule has 2 aromatic carbocycles. The Hall–Kier alpha value is -4.56. The van der Waals surface area contributed by atoms with Gasteiger partial charge >= 0.3 is 11.9 Å². The predicted molar refractivity (Wildman–Crippen MR) is 134 cm³/mol. The third-order valence-corrected chi connectivity index (χ3v) is 7.15. The molecule has 2 atom stereocenters. The minimum Gasteiger partial charge on any atom is -0.480 e. The van der Waals surface area contributed by atoms with E-state index in [1.54, 1.807) is 0 Å². The molecule has 0 bridgehead atoms. The number of carboxylic acids is 2. The fourth-order valence-corrected chi connectivity index (χ4v) is 5.28. The number of nitro groups is 4. The minimum absolute atomic E-state index is 0.165. The third-order valence-electron chi connectivity index (χ3n) is 4.72. The van der Waals surface area contributed by atoms with Crippen molar-refractivity contribution in [2.45, 2.75) is 12.1 Å². The van der Waals surface area contributed by atoms with Gasteiger partial charge in [0.25, 0.3) is 22.7 Å². The first-order valence-corrected chi connectivity index (χ1v) is 12.4. The van der Waals surface area contributed by atoms with Crippen molar-refractivity contribution in [1.82, 2.24) is 0 Å². The largest absolute Gasteiger partial charge is 0.480 e. The SMILES string of the molecule is N[C@@H](CSSC[C@@H](C(=O)O)N(c1ccc([N+](=O)[O-])cc1[N+](=O)[O-])c1ccc([N+](=O)[O-])cc1[N+](=O)[O-])C(=O)O. The number of hydrogen-bond acceptors (Lipinski definition) is 14. The summed E-state index contributed by atoms with van der Waals surface area (Å²) in [6.45, 7) is 0. The van der Waals surface area contributed by atoms with Crippen LogP contribution in [0.25, 0.3) is 0 Å². The first-order chi connectivity index (χ1) is 17.8. The maximum atomic E-state index is 12.3. The number of nitro benzene ring substituents is 4. The van der Waals surface area contributed by atoms with Crippen molar-refractivity contribution in [3.05, 3.63) is 76.9 Å². The number of nitrogens with two attached hydrogens (primary N) is 1. The topological polar surface area (TPSA) is 276 Å². The van der Waals surface area contributed by atoms with Gasteiger partial charge in [-0.25, -0.2) is 4.79 Å². The number of carbonyl (C=O) groups is 2. The van der Waals surface area contributed by atoms with Crippen LogP contribution in [0.4, 0.5) is 34.1 Å². The van der Waals surface area contributed by atoms with E-state index in [0.29, 0.717) is 17.0 Å². The lowest BCUT2D eigenvalue weighted by Crippen LogP contribution is -2.40. The number of carboxylic acid groups (broad SMARTS) is 2. The molecule has 2 aromatic rings. The molecular formula is C18H16N6O12S2. The maximum absolute atomic E-state index is 12.3. The molecule has 0 unspecified atom stereocenters. The Kier molecular flexibility index (Phi) is 9.84. The second-order valence-corrected chi connectivity index (χ2v) is 9.66. The number of non-ortho nitro benzene ring substituents is 2. The van der Waals surface area contributed by atoms with Gasteiger partial charge in [0.1, 0.15) is 23.5 Å². The van der Waals surface area contributed by atoms with Crippen LogP contribution in [0.3, 0.4) is 0 Å². The fraction of sp³-hybridized carbons (Fsp3) is 0.222. The van der Waals surface area contributed by atoms with Gasteiger partial charge < -0.3 is 20.8 Å². The van der Waals surface area contributed by atoms with Gasteiger partial charge in [-0.1, -0.05) is 21.6 Å². The van der Waals surface area contributed by atoms with E-state index in [0.717, 1.165) is 45.9 Å². The summed E-state index contributed by atoms with van der Waals surface area (Å²) in [6, 6.07) is 1.26. The average molecular weight is 572 g/mol. The summed E-state index contributed by atoms with van der Waals surface area (Å²) in [6.07, 6.45) is 0. The van der Waals surface area contributed by atoms with E-state index in [1.807, 2.05) is 0 Å². The molecule has 2 rings (SSSR count). The normalized spacial score (nSPS) is 12.2. The monoisotopic (exact) mass is 572 g/mol. The van der Waals surface area contributed by atoms with Gasteiger partial charge in [0.15, 0.2) is 0 Å². The highest BCUT2D eigenvalue weighted by atomic mass is 33.1. The molecule has 0 aromatic heterocycles. The second kappa shape index (κ2) is 12.6. The van der Waals surface area contributed by atoms with Crippen LogP contribution in [0.5, 0.6) is 0 Å². The van der Waals surface area contributed by atoms with Crippen LogP contribution in [0, 0.1) is 40.5 Å². The number of hydrogen-bond donors (Lipinski definition) is 3. The van der Waals surface area contributed by atoms with Crippen LogP contribution in [0.15, 0.2) is 36.4 Å². The molecule has 202 valence electrons. The van der Waals surface area contributed by atoms with E-state index in [2.05, 4.69) is 0 Å². The summed E-state index contributed by atoms with van der Waals surface area (Å²) >= 11 is 0. The number of rotatable bonds is 14. The van der Waals surface area contributed by atoms with Crippen molar-refractivity contribution >= 4 is 67.7 Å². The Morgan fingerprint density at radius 1 is 0.763 bits per heavy atom. The predicted octanol–water partition coefficient (Wildman–Crippen LogP) is 2.70. The molecule has 38 heavy (non-hydrogen) atoms. The Bertz CT molecular complexity index is 1230. The lowest BCUT2D eigenvalue weighted by molar-refractivity contribution is -0.393. The van der Waals surface area contributed by atoms with Crippen LogP contribution in [0.2, 0.25) is 0 Å². The number of aliphatic carboxylic acids is 2. The molecule has 20 heteroatoms. The minimum atomic E-state index is -1.81. The Morgan fingerprint density at radius 3 is 1.53 bits per heavy atom. The molecule has 0 aliphatic heterocycles. The first-order valence-electron chi connectivity index (χ1n) is 9.86. The van der Waals surface area contributed by atoms with Crippen LogP contribution in [-0.4, -0.2) is 65.4 Å². The number of benzene rings is 2. The van der Waals surface area contributed by atoms with E-state index in [1.165, 1.54) is 0 Å². The van der Waals surface area contributed by atoms with Gasteiger partial charge in [0.2, 0.25) is 0 Å².